The first kappa shape index (κ1) is 26.4. The fourth-order valence-electron chi connectivity index (χ4n) is 3.83. The number of halogens is 1. The molecule has 0 atom stereocenters. The van der Waals surface area contributed by atoms with Crippen LogP contribution in [0.4, 0.5) is 0 Å². The lowest BCUT2D eigenvalue weighted by atomic mass is 9.85. The molecule has 6 nitrogen and oxygen atoms in total. The van der Waals surface area contributed by atoms with E-state index < -0.39 is 11.5 Å². The van der Waals surface area contributed by atoms with Crippen LogP contribution in [0, 0.1) is 10.5 Å². The van der Waals surface area contributed by atoms with E-state index in [1.807, 2.05) is 49.4 Å². The third-order valence-corrected chi connectivity index (χ3v) is 6.65. The van der Waals surface area contributed by atoms with Gasteiger partial charge in [-0.15, -0.1) is 0 Å². The Bertz CT molecular complexity index is 1330. The predicted molar refractivity (Wildman–Crippen MR) is 153 cm³/mol. The highest BCUT2D eigenvalue weighted by atomic mass is 127. The zero-order chi connectivity index (χ0) is 26.3. The van der Waals surface area contributed by atoms with Crippen molar-refractivity contribution in [2.24, 2.45) is 5.10 Å². The Labute approximate surface area is 230 Å². The average molecular weight is 606 g/mol. The molecule has 188 valence electrons. The molecule has 0 radical (unpaired) electrons. The third kappa shape index (κ3) is 6.18. The molecule has 0 spiro atoms. The van der Waals surface area contributed by atoms with Crippen LogP contribution in [0.15, 0.2) is 102 Å². The number of aliphatic hydroxyl groups is 1. The van der Waals surface area contributed by atoms with Gasteiger partial charge < -0.3 is 14.6 Å². The molecule has 0 fully saturated rings. The number of hydrogen-bond donors (Lipinski definition) is 2. The van der Waals surface area contributed by atoms with Crippen molar-refractivity contribution in [3.8, 4) is 11.5 Å². The molecule has 37 heavy (non-hydrogen) atoms. The molecule has 0 saturated carbocycles. The van der Waals surface area contributed by atoms with Crippen molar-refractivity contribution in [2.75, 3.05) is 7.11 Å². The van der Waals surface area contributed by atoms with Crippen LogP contribution in [0.25, 0.3) is 0 Å². The number of benzene rings is 4. The van der Waals surface area contributed by atoms with Crippen LogP contribution >= 0.6 is 22.6 Å². The van der Waals surface area contributed by atoms with Crippen LogP contribution in [-0.4, -0.2) is 24.3 Å². The first-order valence-corrected chi connectivity index (χ1v) is 12.7. The highest BCUT2D eigenvalue weighted by Gasteiger charge is 2.39. The minimum Gasteiger partial charge on any atom is -0.493 e. The van der Waals surface area contributed by atoms with Gasteiger partial charge in [-0.1, -0.05) is 90.5 Å². The van der Waals surface area contributed by atoms with Gasteiger partial charge in [0.05, 0.1) is 16.9 Å². The SMILES string of the molecule is COc1cc(/C=N\NC(=O)C(O)(c2ccccc2)c2ccccc2)cc(I)c1OCc1ccc(C)cc1. The molecule has 4 aromatic carbocycles. The van der Waals surface area contributed by atoms with E-state index in [-0.39, 0.29) is 0 Å². The third-order valence-electron chi connectivity index (χ3n) is 5.85. The highest BCUT2D eigenvalue weighted by Crippen LogP contribution is 2.34. The topological polar surface area (TPSA) is 80.2 Å². The van der Waals surface area contributed by atoms with Gasteiger partial charge in [0.2, 0.25) is 0 Å². The molecule has 0 saturated heterocycles. The summed E-state index contributed by atoms with van der Waals surface area (Å²) >= 11 is 2.18. The molecule has 1 amide bonds. The molecule has 0 aliphatic rings. The van der Waals surface area contributed by atoms with Crippen molar-refractivity contribution in [1.29, 1.82) is 0 Å². The number of ether oxygens (including phenoxy) is 2. The van der Waals surface area contributed by atoms with Crippen molar-refractivity contribution in [1.82, 2.24) is 5.43 Å². The van der Waals surface area contributed by atoms with Crippen LogP contribution < -0.4 is 14.9 Å². The lowest BCUT2D eigenvalue weighted by Gasteiger charge is -2.27. The second-order valence-electron chi connectivity index (χ2n) is 8.45. The van der Waals surface area contributed by atoms with Gasteiger partial charge in [0.25, 0.3) is 5.91 Å². The second-order valence-corrected chi connectivity index (χ2v) is 9.61. The second kappa shape index (κ2) is 12.0. The van der Waals surface area contributed by atoms with Gasteiger partial charge in [-0.25, -0.2) is 5.43 Å². The smallest absolute Gasteiger partial charge is 0.281 e. The Balaban J connectivity index is 1.52. The number of amides is 1. The molecule has 2 N–H and O–H groups in total. The maximum atomic E-state index is 13.2. The summed E-state index contributed by atoms with van der Waals surface area (Å²) in [5, 5.41) is 15.6. The largest absolute Gasteiger partial charge is 0.493 e. The molecule has 7 heteroatoms. The summed E-state index contributed by atoms with van der Waals surface area (Å²) in [5.41, 5.74) is 4.43. The normalized spacial score (nSPS) is 11.4. The van der Waals surface area contributed by atoms with Crippen LogP contribution in [0.3, 0.4) is 0 Å². The van der Waals surface area contributed by atoms with Crippen LogP contribution in [0.1, 0.15) is 27.8 Å². The monoisotopic (exact) mass is 606 g/mol. The standard InChI is InChI=1S/C30H27IN2O4/c1-21-13-15-22(16-14-21)20-37-28-26(31)17-23(18-27(28)36-2)19-32-33-29(34)30(35,24-9-5-3-6-10-24)25-11-7-4-8-12-25/h3-19,35H,20H2,1-2H3,(H,33,34)/b32-19-. The number of nitrogens with zero attached hydrogens (tertiary/aromatic N) is 1. The Hall–Kier alpha value is -3.69. The first-order valence-electron chi connectivity index (χ1n) is 11.6. The van der Waals surface area contributed by atoms with Crippen LogP contribution in [0.2, 0.25) is 0 Å². The summed E-state index contributed by atoms with van der Waals surface area (Å²) in [4.78, 5) is 13.2. The number of methoxy groups -OCH3 is 1. The van der Waals surface area contributed by atoms with E-state index in [1.54, 1.807) is 61.7 Å². The summed E-state index contributed by atoms with van der Waals surface area (Å²) in [6.07, 6.45) is 1.50. The summed E-state index contributed by atoms with van der Waals surface area (Å²) in [6.45, 7) is 2.46. The van der Waals surface area contributed by atoms with Crippen molar-refractivity contribution in [2.45, 2.75) is 19.1 Å². The number of nitrogens with one attached hydrogen (secondary N) is 1. The van der Waals surface area contributed by atoms with Crippen molar-refractivity contribution in [3.63, 3.8) is 0 Å². The summed E-state index contributed by atoms with van der Waals surface area (Å²) < 4.78 is 12.4. The molecule has 0 bridgehead atoms. The summed E-state index contributed by atoms with van der Waals surface area (Å²) in [6, 6.07) is 29.4. The van der Waals surface area contributed by atoms with Crippen LogP contribution in [0.5, 0.6) is 11.5 Å². The highest BCUT2D eigenvalue weighted by molar-refractivity contribution is 14.1. The fourth-order valence-corrected chi connectivity index (χ4v) is 4.61. The molecule has 0 aliphatic carbocycles. The lowest BCUT2D eigenvalue weighted by Crippen LogP contribution is -2.43. The Kier molecular flexibility index (Phi) is 8.58. The molecule has 4 aromatic rings. The Morgan fingerprint density at radius 3 is 2.14 bits per heavy atom. The quantitative estimate of drug-likeness (QED) is 0.148. The van der Waals surface area contributed by atoms with Crippen molar-refractivity contribution in [3.05, 3.63) is 128 Å². The van der Waals surface area contributed by atoms with E-state index in [2.05, 4.69) is 33.1 Å². The number of carbonyl (C=O) groups excluding carboxylic acids is 1. The van der Waals surface area contributed by atoms with E-state index in [0.29, 0.717) is 34.8 Å². The molecular weight excluding hydrogens is 579 g/mol. The van der Waals surface area contributed by atoms with E-state index in [0.717, 1.165) is 9.13 Å². The maximum absolute atomic E-state index is 13.2. The van der Waals surface area contributed by atoms with Crippen LogP contribution in [-0.2, 0) is 17.0 Å². The number of carbonyl (C=O) groups is 1. The summed E-state index contributed by atoms with van der Waals surface area (Å²) in [7, 11) is 1.58. The van der Waals surface area contributed by atoms with E-state index >= 15 is 0 Å². The Morgan fingerprint density at radius 1 is 0.973 bits per heavy atom. The van der Waals surface area contributed by atoms with Gasteiger partial charge in [0.15, 0.2) is 17.1 Å². The van der Waals surface area contributed by atoms with Gasteiger partial charge in [0, 0.05) is 0 Å². The zero-order valence-corrected chi connectivity index (χ0v) is 22.7. The van der Waals surface area contributed by atoms with Gasteiger partial charge in [-0.3, -0.25) is 4.79 Å². The lowest BCUT2D eigenvalue weighted by molar-refractivity contribution is -0.136. The minimum atomic E-state index is -1.90. The van der Waals surface area contributed by atoms with Crippen molar-refractivity contribution < 1.29 is 19.4 Å². The fraction of sp³-hybridized carbons (Fsp3) is 0.133. The average Bonchev–Trinajstić information content (AvgIpc) is 2.93. The molecule has 0 unspecified atom stereocenters. The summed E-state index contributed by atoms with van der Waals surface area (Å²) in [5.74, 6) is 0.519. The van der Waals surface area contributed by atoms with Gasteiger partial charge in [-0.2, -0.15) is 5.10 Å². The maximum Gasteiger partial charge on any atom is 0.281 e. The van der Waals surface area contributed by atoms with Crippen molar-refractivity contribution >= 4 is 34.7 Å². The molecular formula is C30H27IN2O4. The zero-order valence-electron chi connectivity index (χ0n) is 20.5. The van der Waals surface area contributed by atoms with Gasteiger partial charge in [-0.05, 0) is 63.9 Å². The first-order chi connectivity index (χ1) is 17.9. The minimum absolute atomic E-state index is 0.410. The molecule has 0 aromatic heterocycles. The van der Waals surface area contributed by atoms with E-state index in [1.165, 1.54) is 11.8 Å². The Morgan fingerprint density at radius 2 is 1.57 bits per heavy atom. The predicted octanol–water partition coefficient (Wildman–Crippen LogP) is 5.57. The van der Waals surface area contributed by atoms with E-state index in [9.17, 15) is 9.90 Å². The number of hydrazone groups is 1. The molecule has 0 heterocycles. The molecule has 0 aliphatic heterocycles. The van der Waals surface area contributed by atoms with Gasteiger partial charge in [0.1, 0.15) is 6.61 Å². The van der Waals surface area contributed by atoms with E-state index in [4.69, 9.17) is 9.47 Å². The van der Waals surface area contributed by atoms with Gasteiger partial charge >= 0.3 is 0 Å². The molecule has 4 rings (SSSR count). The number of aryl methyl sites for hydroxylation is 1. The number of hydrogen-bond acceptors (Lipinski definition) is 5. The number of rotatable bonds is 9.